The Morgan fingerprint density at radius 2 is 1.90 bits per heavy atom. The summed E-state index contributed by atoms with van der Waals surface area (Å²) in [5, 5.41) is 3.33. The van der Waals surface area contributed by atoms with Crippen molar-refractivity contribution in [3.63, 3.8) is 0 Å². The molecule has 0 unspecified atom stereocenters. The molecular formula is C15H16ClFN2S. The van der Waals surface area contributed by atoms with Gasteiger partial charge in [-0.05, 0) is 18.2 Å². The van der Waals surface area contributed by atoms with Crippen molar-refractivity contribution in [2.45, 2.75) is 6.04 Å². The molecule has 1 atom stereocenters. The number of thiophene rings is 1. The van der Waals surface area contributed by atoms with Crippen molar-refractivity contribution in [1.29, 1.82) is 0 Å². The Balaban J connectivity index is 2.01. The van der Waals surface area contributed by atoms with Gasteiger partial charge in [-0.2, -0.15) is 0 Å². The van der Waals surface area contributed by atoms with Gasteiger partial charge >= 0.3 is 0 Å². The van der Waals surface area contributed by atoms with E-state index in [0.29, 0.717) is 0 Å². The highest BCUT2D eigenvalue weighted by molar-refractivity contribution is 7.16. The maximum atomic E-state index is 14.2. The van der Waals surface area contributed by atoms with E-state index in [2.05, 4.69) is 10.2 Å². The first-order valence-electron chi connectivity index (χ1n) is 6.70. The number of piperazine rings is 1. The van der Waals surface area contributed by atoms with E-state index >= 15 is 0 Å². The van der Waals surface area contributed by atoms with Crippen molar-refractivity contribution < 1.29 is 4.39 Å². The van der Waals surface area contributed by atoms with Gasteiger partial charge in [0.1, 0.15) is 5.82 Å². The molecule has 0 aliphatic carbocycles. The van der Waals surface area contributed by atoms with Gasteiger partial charge in [0.2, 0.25) is 0 Å². The highest BCUT2D eigenvalue weighted by atomic mass is 35.5. The van der Waals surface area contributed by atoms with Crippen LogP contribution in [-0.2, 0) is 0 Å². The molecule has 1 fully saturated rings. The molecule has 0 radical (unpaired) electrons. The lowest BCUT2D eigenvalue weighted by Crippen LogP contribution is -2.45. The standard InChI is InChI=1S/C15H16ClFN2S/c16-14-6-5-13(20-14)15(19-9-7-18-8-10-19)11-3-1-2-4-12(11)17/h1-6,15,18H,7-10H2/t15-/m1/s1. The van der Waals surface area contributed by atoms with E-state index in [-0.39, 0.29) is 11.9 Å². The van der Waals surface area contributed by atoms with Crippen molar-refractivity contribution in [2.24, 2.45) is 0 Å². The minimum atomic E-state index is -0.152. The molecule has 1 saturated heterocycles. The average Bonchev–Trinajstić information content (AvgIpc) is 2.89. The number of halogens is 2. The molecule has 5 heteroatoms. The van der Waals surface area contributed by atoms with Gasteiger partial charge in [0.05, 0.1) is 10.4 Å². The summed E-state index contributed by atoms with van der Waals surface area (Å²) in [6.45, 7) is 3.69. The first kappa shape index (κ1) is 14.0. The van der Waals surface area contributed by atoms with E-state index in [9.17, 15) is 4.39 Å². The monoisotopic (exact) mass is 310 g/mol. The summed E-state index contributed by atoms with van der Waals surface area (Å²) in [4.78, 5) is 3.42. The van der Waals surface area contributed by atoms with Crippen LogP contribution in [0.2, 0.25) is 4.34 Å². The fourth-order valence-electron chi connectivity index (χ4n) is 2.64. The molecule has 0 amide bonds. The van der Waals surface area contributed by atoms with Gasteiger partial charge in [-0.3, -0.25) is 4.90 Å². The predicted molar refractivity (Wildman–Crippen MR) is 82.0 cm³/mol. The van der Waals surface area contributed by atoms with Crippen LogP contribution in [0.25, 0.3) is 0 Å². The molecule has 0 saturated carbocycles. The van der Waals surface area contributed by atoms with Crippen LogP contribution in [0.4, 0.5) is 4.39 Å². The van der Waals surface area contributed by atoms with Gasteiger partial charge in [0.15, 0.2) is 0 Å². The Morgan fingerprint density at radius 3 is 2.55 bits per heavy atom. The molecule has 3 rings (SSSR count). The van der Waals surface area contributed by atoms with E-state index in [1.54, 1.807) is 6.07 Å². The van der Waals surface area contributed by atoms with Crippen LogP contribution in [0.1, 0.15) is 16.5 Å². The second kappa shape index (κ2) is 6.22. The smallest absolute Gasteiger partial charge is 0.128 e. The van der Waals surface area contributed by atoms with Crippen LogP contribution in [0.3, 0.4) is 0 Å². The predicted octanol–water partition coefficient (Wildman–Crippen LogP) is 3.54. The Kier molecular flexibility index (Phi) is 4.36. The summed E-state index contributed by atoms with van der Waals surface area (Å²) in [7, 11) is 0. The normalized spacial score (nSPS) is 18.1. The number of hydrogen-bond donors (Lipinski definition) is 1. The van der Waals surface area contributed by atoms with E-state index in [0.717, 1.165) is 41.0 Å². The zero-order chi connectivity index (χ0) is 13.9. The Morgan fingerprint density at radius 1 is 1.15 bits per heavy atom. The fraction of sp³-hybridized carbons (Fsp3) is 0.333. The molecule has 2 heterocycles. The first-order chi connectivity index (χ1) is 9.75. The van der Waals surface area contributed by atoms with E-state index in [4.69, 9.17) is 11.6 Å². The first-order valence-corrected chi connectivity index (χ1v) is 7.89. The quantitative estimate of drug-likeness (QED) is 0.933. The van der Waals surface area contributed by atoms with Crippen molar-refractivity contribution >= 4 is 22.9 Å². The van der Waals surface area contributed by atoms with Crippen molar-refractivity contribution in [2.75, 3.05) is 26.2 Å². The largest absolute Gasteiger partial charge is 0.314 e. The van der Waals surface area contributed by atoms with E-state index < -0.39 is 0 Å². The number of nitrogens with zero attached hydrogens (tertiary/aromatic N) is 1. The summed E-state index contributed by atoms with van der Waals surface area (Å²) in [5.74, 6) is -0.152. The van der Waals surface area contributed by atoms with Crippen LogP contribution in [-0.4, -0.2) is 31.1 Å². The number of hydrogen-bond acceptors (Lipinski definition) is 3. The average molecular weight is 311 g/mol. The highest BCUT2D eigenvalue weighted by Gasteiger charge is 2.27. The van der Waals surface area contributed by atoms with Crippen LogP contribution in [0.15, 0.2) is 36.4 Å². The number of benzene rings is 1. The minimum Gasteiger partial charge on any atom is -0.314 e. The molecule has 20 heavy (non-hydrogen) atoms. The maximum Gasteiger partial charge on any atom is 0.128 e. The molecule has 1 aliphatic rings. The van der Waals surface area contributed by atoms with Crippen molar-refractivity contribution in [1.82, 2.24) is 10.2 Å². The van der Waals surface area contributed by atoms with Crippen LogP contribution in [0.5, 0.6) is 0 Å². The van der Waals surface area contributed by atoms with Gasteiger partial charge in [0, 0.05) is 36.6 Å². The summed E-state index contributed by atoms with van der Waals surface area (Å²) >= 11 is 7.59. The summed E-state index contributed by atoms with van der Waals surface area (Å²) in [6, 6.07) is 10.9. The number of nitrogens with one attached hydrogen (secondary N) is 1. The SMILES string of the molecule is Fc1ccccc1[C@H](c1ccc(Cl)s1)N1CCNCC1. The molecule has 106 valence electrons. The maximum absolute atomic E-state index is 14.2. The second-order valence-corrected chi connectivity index (χ2v) is 6.60. The number of rotatable bonds is 3. The third-order valence-electron chi connectivity index (χ3n) is 3.58. The van der Waals surface area contributed by atoms with E-state index in [1.165, 1.54) is 17.4 Å². The molecule has 1 N–H and O–H groups in total. The molecule has 0 spiro atoms. The van der Waals surface area contributed by atoms with Gasteiger partial charge in [-0.15, -0.1) is 11.3 Å². The fourth-order valence-corrected chi connectivity index (χ4v) is 3.86. The summed E-state index contributed by atoms with van der Waals surface area (Å²) in [5.41, 5.74) is 0.730. The van der Waals surface area contributed by atoms with Crippen LogP contribution >= 0.6 is 22.9 Å². The zero-order valence-electron chi connectivity index (χ0n) is 11.0. The van der Waals surface area contributed by atoms with Gasteiger partial charge in [0.25, 0.3) is 0 Å². The lowest BCUT2D eigenvalue weighted by molar-refractivity contribution is 0.197. The second-order valence-electron chi connectivity index (χ2n) is 4.85. The van der Waals surface area contributed by atoms with Crippen LogP contribution < -0.4 is 5.32 Å². The topological polar surface area (TPSA) is 15.3 Å². The molecule has 1 aromatic heterocycles. The molecule has 1 aromatic carbocycles. The van der Waals surface area contributed by atoms with Crippen LogP contribution in [0, 0.1) is 5.82 Å². The Labute approximate surface area is 127 Å². The molecule has 1 aliphatic heterocycles. The zero-order valence-corrected chi connectivity index (χ0v) is 12.6. The molecule has 2 nitrogen and oxygen atoms in total. The molecular weight excluding hydrogens is 295 g/mol. The summed E-state index contributed by atoms with van der Waals surface area (Å²) < 4.78 is 15.0. The van der Waals surface area contributed by atoms with Crippen molar-refractivity contribution in [3.8, 4) is 0 Å². The van der Waals surface area contributed by atoms with Gasteiger partial charge in [-0.1, -0.05) is 29.8 Å². The Hall–Kier alpha value is -0.940. The lowest BCUT2D eigenvalue weighted by atomic mass is 10.0. The third-order valence-corrected chi connectivity index (χ3v) is 4.86. The minimum absolute atomic E-state index is 0.0456. The summed E-state index contributed by atoms with van der Waals surface area (Å²) in [6.07, 6.45) is 0. The third kappa shape index (κ3) is 2.88. The lowest BCUT2D eigenvalue weighted by Gasteiger charge is -2.34. The van der Waals surface area contributed by atoms with Gasteiger partial charge < -0.3 is 5.32 Å². The van der Waals surface area contributed by atoms with E-state index in [1.807, 2.05) is 24.3 Å². The molecule has 2 aromatic rings. The van der Waals surface area contributed by atoms with Gasteiger partial charge in [-0.25, -0.2) is 4.39 Å². The Bertz CT molecular complexity index is 581. The highest BCUT2D eigenvalue weighted by Crippen LogP contribution is 2.36. The van der Waals surface area contributed by atoms with Crippen molar-refractivity contribution in [3.05, 3.63) is 57.0 Å². The molecule has 0 bridgehead atoms.